The van der Waals surface area contributed by atoms with Crippen LogP contribution in [0.3, 0.4) is 0 Å². The molecule has 5 heteroatoms. The number of esters is 1. The van der Waals surface area contributed by atoms with Crippen LogP contribution in [0.1, 0.15) is 13.3 Å². The predicted molar refractivity (Wildman–Crippen MR) is 59.4 cm³/mol. The number of guanidine groups is 1. The standard InChI is InChI=1S/C10H17N3O2/c1-4-7-12-10(11-5-2)13-8-6-9(14)15-3/h1H,5-8H2,2-3H3,(H2,11,12,13). The molecule has 0 bridgehead atoms. The molecule has 0 aliphatic rings. The van der Waals surface area contributed by atoms with Gasteiger partial charge in [-0.2, -0.15) is 0 Å². The van der Waals surface area contributed by atoms with E-state index in [0.717, 1.165) is 6.54 Å². The van der Waals surface area contributed by atoms with Crippen molar-refractivity contribution < 1.29 is 9.53 Å². The third kappa shape index (κ3) is 7.38. The molecule has 0 atom stereocenters. The van der Waals surface area contributed by atoms with E-state index in [-0.39, 0.29) is 12.4 Å². The molecule has 0 aliphatic heterocycles. The van der Waals surface area contributed by atoms with Gasteiger partial charge >= 0.3 is 5.97 Å². The number of nitrogens with one attached hydrogen (secondary N) is 2. The first kappa shape index (κ1) is 13.3. The summed E-state index contributed by atoms with van der Waals surface area (Å²) in [6.45, 7) is 3.48. The highest BCUT2D eigenvalue weighted by Crippen LogP contribution is 1.85. The molecule has 84 valence electrons. The maximum Gasteiger partial charge on any atom is 0.307 e. The summed E-state index contributed by atoms with van der Waals surface area (Å²) >= 11 is 0. The van der Waals surface area contributed by atoms with E-state index in [0.29, 0.717) is 19.0 Å². The van der Waals surface area contributed by atoms with Crippen LogP contribution in [-0.4, -0.2) is 38.7 Å². The van der Waals surface area contributed by atoms with Gasteiger partial charge in [0.05, 0.1) is 26.6 Å². The van der Waals surface area contributed by atoms with E-state index in [4.69, 9.17) is 6.42 Å². The van der Waals surface area contributed by atoms with E-state index in [1.807, 2.05) is 6.92 Å². The summed E-state index contributed by atoms with van der Waals surface area (Å²) in [6, 6.07) is 0. The molecule has 5 nitrogen and oxygen atoms in total. The average molecular weight is 211 g/mol. The number of carbonyl (C=O) groups is 1. The van der Waals surface area contributed by atoms with Crippen molar-refractivity contribution in [3.05, 3.63) is 0 Å². The number of rotatable bonds is 5. The Morgan fingerprint density at radius 2 is 2.27 bits per heavy atom. The molecule has 0 aromatic heterocycles. The minimum atomic E-state index is -0.272. The molecule has 0 saturated carbocycles. The van der Waals surface area contributed by atoms with Crippen molar-refractivity contribution >= 4 is 11.9 Å². The summed E-state index contributed by atoms with van der Waals surface area (Å²) in [7, 11) is 1.36. The van der Waals surface area contributed by atoms with Crippen LogP contribution in [0.5, 0.6) is 0 Å². The third-order valence-electron chi connectivity index (χ3n) is 1.52. The maximum atomic E-state index is 10.8. The molecule has 0 amide bonds. The average Bonchev–Trinajstić information content (AvgIpc) is 2.25. The lowest BCUT2D eigenvalue weighted by atomic mass is 10.4. The minimum Gasteiger partial charge on any atom is -0.469 e. The lowest BCUT2D eigenvalue weighted by molar-refractivity contribution is -0.140. The normalized spacial score (nSPS) is 10.3. The van der Waals surface area contributed by atoms with Gasteiger partial charge < -0.3 is 15.4 Å². The van der Waals surface area contributed by atoms with Crippen molar-refractivity contribution in [1.29, 1.82) is 0 Å². The highest BCUT2D eigenvalue weighted by Gasteiger charge is 1.99. The van der Waals surface area contributed by atoms with E-state index >= 15 is 0 Å². The molecule has 0 aromatic rings. The van der Waals surface area contributed by atoms with Crippen LogP contribution in [0.25, 0.3) is 0 Å². The number of hydrogen-bond donors (Lipinski definition) is 2. The van der Waals surface area contributed by atoms with Crippen LogP contribution >= 0.6 is 0 Å². The van der Waals surface area contributed by atoms with E-state index in [1.54, 1.807) is 0 Å². The van der Waals surface area contributed by atoms with E-state index in [2.05, 4.69) is 26.3 Å². The highest BCUT2D eigenvalue weighted by atomic mass is 16.5. The van der Waals surface area contributed by atoms with Gasteiger partial charge in [-0.15, -0.1) is 6.42 Å². The van der Waals surface area contributed by atoms with E-state index in [9.17, 15) is 4.79 Å². The van der Waals surface area contributed by atoms with Gasteiger partial charge in [0.15, 0.2) is 5.96 Å². The Balaban J connectivity index is 3.94. The molecule has 0 rings (SSSR count). The third-order valence-corrected chi connectivity index (χ3v) is 1.52. The van der Waals surface area contributed by atoms with Gasteiger partial charge in [-0.1, -0.05) is 5.92 Å². The minimum absolute atomic E-state index is 0.267. The molecular formula is C10H17N3O2. The lowest BCUT2D eigenvalue weighted by Crippen LogP contribution is -2.37. The molecule has 15 heavy (non-hydrogen) atoms. The maximum absolute atomic E-state index is 10.8. The molecule has 0 radical (unpaired) electrons. The largest absolute Gasteiger partial charge is 0.469 e. The number of methoxy groups -OCH3 is 1. The van der Waals surface area contributed by atoms with Gasteiger partial charge in [-0.25, -0.2) is 0 Å². The topological polar surface area (TPSA) is 62.7 Å². The van der Waals surface area contributed by atoms with Crippen LogP contribution in [-0.2, 0) is 9.53 Å². The fourth-order valence-electron chi connectivity index (χ4n) is 0.838. The molecular weight excluding hydrogens is 194 g/mol. The fourth-order valence-corrected chi connectivity index (χ4v) is 0.838. The van der Waals surface area contributed by atoms with Crippen LogP contribution in [0, 0.1) is 12.3 Å². The molecule has 0 fully saturated rings. The zero-order valence-electron chi connectivity index (χ0n) is 9.17. The van der Waals surface area contributed by atoms with Crippen molar-refractivity contribution in [2.45, 2.75) is 13.3 Å². The summed E-state index contributed by atoms with van der Waals surface area (Å²) in [5.74, 6) is 2.78. The molecule has 0 heterocycles. The molecule has 0 unspecified atom stereocenters. The predicted octanol–water partition coefficient (Wildman–Crippen LogP) is -0.262. The molecule has 0 spiro atoms. The Labute approximate surface area is 90.3 Å². The SMILES string of the molecule is C#CCNC(=NCCC(=O)OC)NCC. The fraction of sp³-hybridized carbons (Fsp3) is 0.600. The monoisotopic (exact) mass is 211 g/mol. The Morgan fingerprint density at radius 1 is 1.53 bits per heavy atom. The summed E-state index contributed by atoms with van der Waals surface area (Å²) in [5.41, 5.74) is 0. The van der Waals surface area contributed by atoms with Gasteiger partial charge in [0.1, 0.15) is 0 Å². The van der Waals surface area contributed by atoms with Crippen molar-refractivity contribution in [2.24, 2.45) is 4.99 Å². The van der Waals surface area contributed by atoms with Gasteiger partial charge in [-0.3, -0.25) is 9.79 Å². The summed E-state index contributed by atoms with van der Waals surface area (Å²) in [5, 5.41) is 5.91. The molecule has 2 N–H and O–H groups in total. The first-order chi connectivity index (χ1) is 7.24. The van der Waals surface area contributed by atoms with Crippen LogP contribution in [0.4, 0.5) is 0 Å². The second-order valence-electron chi connectivity index (χ2n) is 2.64. The van der Waals surface area contributed by atoms with Crippen molar-refractivity contribution in [3.63, 3.8) is 0 Å². The second kappa shape index (κ2) is 8.88. The summed E-state index contributed by atoms with van der Waals surface area (Å²) < 4.78 is 4.49. The quantitative estimate of drug-likeness (QED) is 0.284. The number of carbonyl (C=O) groups excluding carboxylic acids is 1. The lowest BCUT2D eigenvalue weighted by Gasteiger charge is -2.08. The Morgan fingerprint density at radius 3 is 2.80 bits per heavy atom. The van der Waals surface area contributed by atoms with Gasteiger partial charge in [0.25, 0.3) is 0 Å². The number of nitrogens with zero attached hydrogens (tertiary/aromatic N) is 1. The Kier molecular flexibility index (Phi) is 7.87. The van der Waals surface area contributed by atoms with Gasteiger partial charge in [0, 0.05) is 6.54 Å². The smallest absolute Gasteiger partial charge is 0.307 e. The van der Waals surface area contributed by atoms with E-state index < -0.39 is 0 Å². The number of aliphatic imine (C=N–C) groups is 1. The van der Waals surface area contributed by atoms with Crippen molar-refractivity contribution in [3.8, 4) is 12.3 Å². The molecule has 0 aliphatic carbocycles. The van der Waals surface area contributed by atoms with Crippen LogP contribution in [0.15, 0.2) is 4.99 Å². The van der Waals surface area contributed by atoms with Crippen molar-refractivity contribution in [1.82, 2.24) is 10.6 Å². The summed E-state index contributed by atoms with van der Waals surface area (Å²) in [6.07, 6.45) is 5.37. The number of terminal acetylenes is 1. The van der Waals surface area contributed by atoms with E-state index in [1.165, 1.54) is 7.11 Å². The first-order valence-corrected chi connectivity index (χ1v) is 4.77. The highest BCUT2D eigenvalue weighted by molar-refractivity contribution is 5.80. The van der Waals surface area contributed by atoms with Gasteiger partial charge in [-0.05, 0) is 6.92 Å². The second-order valence-corrected chi connectivity index (χ2v) is 2.64. The Bertz CT molecular complexity index is 256. The summed E-state index contributed by atoms with van der Waals surface area (Å²) in [4.78, 5) is 14.9. The zero-order chi connectivity index (χ0) is 11.5. The van der Waals surface area contributed by atoms with Crippen molar-refractivity contribution in [2.75, 3.05) is 26.7 Å². The first-order valence-electron chi connectivity index (χ1n) is 4.77. The molecule has 0 saturated heterocycles. The number of hydrogen-bond acceptors (Lipinski definition) is 3. The number of ether oxygens (including phenoxy) is 1. The zero-order valence-corrected chi connectivity index (χ0v) is 9.17. The molecule has 0 aromatic carbocycles. The van der Waals surface area contributed by atoms with Gasteiger partial charge in [0.2, 0.25) is 0 Å². The van der Waals surface area contributed by atoms with Crippen LogP contribution in [0.2, 0.25) is 0 Å². The Hall–Kier alpha value is -1.70. The van der Waals surface area contributed by atoms with Crippen LogP contribution < -0.4 is 10.6 Å².